The number of aliphatic hydroxyl groups excluding tert-OH is 1. The molecule has 2 heterocycles. The van der Waals surface area contributed by atoms with Crippen molar-refractivity contribution >= 4 is 0 Å². The molecular weight excluding hydrogens is 503 g/mol. The number of hydrogen-bond donors (Lipinski definition) is 2. The van der Waals surface area contributed by atoms with Crippen LogP contribution in [0.1, 0.15) is 65.3 Å². The van der Waals surface area contributed by atoms with Gasteiger partial charge in [-0.3, -0.25) is 0 Å². The summed E-state index contributed by atoms with van der Waals surface area (Å²) >= 11 is -2.80. The number of aliphatic hydroxyl groups is 2. The van der Waals surface area contributed by atoms with Crippen LogP contribution in [0.3, 0.4) is 0 Å². The number of rotatable bonds is 6. The average molecular weight is 540 g/mol. The zero-order valence-corrected chi connectivity index (χ0v) is 22.4. The molecule has 27 heavy (non-hydrogen) atoms. The summed E-state index contributed by atoms with van der Waals surface area (Å²) in [6.07, 6.45) is -0.0892. The molecule has 0 amide bonds. The Morgan fingerprint density at radius 3 is 1.33 bits per heavy atom. The van der Waals surface area contributed by atoms with Crippen LogP contribution in [0.25, 0.3) is 0 Å². The van der Waals surface area contributed by atoms with Gasteiger partial charge in [-0.25, -0.2) is 0 Å². The fourth-order valence-electron chi connectivity index (χ4n) is 4.34. The Bertz CT molecular complexity index is 734. The standard InChI is InChI=1S/2C8H12N.C6H13O2.Hf/c2*1-5-6(2)8(4)9-7(5)3;1-5(7)4-6(2,3)8;/h2*1-4H3;5,7-8H,2,4H2,1,3H3;/q2*-1;;+2. The van der Waals surface area contributed by atoms with Crippen molar-refractivity contribution in [2.75, 3.05) is 0 Å². The van der Waals surface area contributed by atoms with Gasteiger partial charge in [0.15, 0.2) is 0 Å². The van der Waals surface area contributed by atoms with E-state index in [0.29, 0.717) is 6.42 Å². The van der Waals surface area contributed by atoms with Crippen LogP contribution in [-0.2, 0) is 22.0 Å². The predicted molar refractivity (Wildman–Crippen MR) is 109 cm³/mol. The Hall–Kier alpha value is -0.650. The summed E-state index contributed by atoms with van der Waals surface area (Å²) < 4.78 is 5.93. The van der Waals surface area contributed by atoms with Crippen LogP contribution in [0.2, 0.25) is 4.18 Å². The Labute approximate surface area is 173 Å². The van der Waals surface area contributed by atoms with Crippen LogP contribution in [0, 0.1) is 55.4 Å². The summed E-state index contributed by atoms with van der Waals surface area (Å²) in [5, 5.41) is 21.1. The third-order valence-corrected chi connectivity index (χ3v) is 18.8. The quantitative estimate of drug-likeness (QED) is 0.530. The van der Waals surface area contributed by atoms with Gasteiger partial charge in [-0.15, -0.1) is 0 Å². The van der Waals surface area contributed by atoms with Crippen LogP contribution in [-0.4, -0.2) is 27.0 Å². The van der Waals surface area contributed by atoms with E-state index in [1.165, 1.54) is 45.0 Å². The summed E-state index contributed by atoms with van der Waals surface area (Å²) in [6.45, 7) is 21.4. The average Bonchev–Trinajstić information content (AvgIpc) is 2.85. The monoisotopic (exact) mass is 541 g/mol. The molecule has 0 radical (unpaired) electrons. The molecule has 4 nitrogen and oxygen atoms in total. The first-order chi connectivity index (χ1) is 12.3. The molecule has 2 N–H and O–H groups in total. The SMILES string of the molecule is Cc1c(C)c(C)[n]([Hf]([CH2]C(C)(O)CC(C)O)[n]2c(C)c(C)c(C)c2C)c1C. The van der Waals surface area contributed by atoms with E-state index in [-0.39, 0.29) is 0 Å². The molecule has 0 bridgehead atoms. The van der Waals surface area contributed by atoms with Gasteiger partial charge in [0.1, 0.15) is 0 Å². The maximum atomic E-state index is 11.2. The first-order valence-electron chi connectivity index (χ1n) is 9.87. The third kappa shape index (κ3) is 4.20. The van der Waals surface area contributed by atoms with E-state index in [9.17, 15) is 10.2 Å². The summed E-state index contributed by atoms with van der Waals surface area (Å²) in [5.74, 6) is 0. The summed E-state index contributed by atoms with van der Waals surface area (Å²) in [6, 6.07) is 0. The molecule has 0 saturated heterocycles. The van der Waals surface area contributed by atoms with Crippen molar-refractivity contribution in [3.63, 3.8) is 0 Å². The van der Waals surface area contributed by atoms with Crippen molar-refractivity contribution in [2.24, 2.45) is 0 Å². The van der Waals surface area contributed by atoms with E-state index in [1.54, 1.807) is 6.92 Å². The molecule has 2 aromatic heterocycles. The molecule has 0 aliphatic heterocycles. The normalized spacial score (nSPS) is 15.1. The van der Waals surface area contributed by atoms with Gasteiger partial charge in [0, 0.05) is 0 Å². The van der Waals surface area contributed by atoms with E-state index in [0.717, 1.165) is 4.18 Å². The zero-order chi connectivity index (χ0) is 20.8. The minimum atomic E-state index is -2.80. The molecule has 2 atom stereocenters. The van der Waals surface area contributed by atoms with Crippen LogP contribution in [0.4, 0.5) is 0 Å². The van der Waals surface area contributed by atoms with Gasteiger partial charge < -0.3 is 0 Å². The fourth-order valence-corrected chi connectivity index (χ4v) is 17.1. The Balaban J connectivity index is 2.72. The Morgan fingerprint density at radius 2 is 1.07 bits per heavy atom. The van der Waals surface area contributed by atoms with Crippen molar-refractivity contribution in [3.05, 3.63) is 45.0 Å². The van der Waals surface area contributed by atoms with E-state index < -0.39 is 33.7 Å². The molecule has 0 aliphatic rings. The number of aromatic nitrogens is 2. The van der Waals surface area contributed by atoms with E-state index >= 15 is 0 Å². The third-order valence-electron chi connectivity index (χ3n) is 6.43. The van der Waals surface area contributed by atoms with Crippen molar-refractivity contribution in [3.8, 4) is 0 Å². The van der Waals surface area contributed by atoms with Crippen LogP contribution < -0.4 is 0 Å². The molecular formula is C22H37HfN2O2. The molecule has 0 aromatic carbocycles. The summed E-state index contributed by atoms with van der Waals surface area (Å²) in [7, 11) is 0. The van der Waals surface area contributed by atoms with Gasteiger partial charge >= 0.3 is 174 Å². The predicted octanol–water partition coefficient (Wildman–Crippen LogP) is 4.54. The van der Waals surface area contributed by atoms with Gasteiger partial charge in [0.2, 0.25) is 0 Å². The number of nitrogens with zero attached hydrogens (tertiary/aromatic N) is 2. The first-order valence-corrected chi connectivity index (χ1v) is 15.6. The van der Waals surface area contributed by atoms with Crippen LogP contribution in [0.5, 0.6) is 0 Å². The molecule has 0 saturated carbocycles. The summed E-state index contributed by atoms with van der Waals surface area (Å²) in [4.78, 5) is 0. The maximum absolute atomic E-state index is 11.2. The van der Waals surface area contributed by atoms with Gasteiger partial charge in [0.25, 0.3) is 0 Å². The van der Waals surface area contributed by atoms with E-state index in [1.807, 2.05) is 6.92 Å². The van der Waals surface area contributed by atoms with Crippen molar-refractivity contribution in [2.45, 2.75) is 91.5 Å². The fraction of sp³-hybridized carbons (Fsp3) is 0.636. The Morgan fingerprint density at radius 1 is 0.778 bits per heavy atom. The van der Waals surface area contributed by atoms with Crippen molar-refractivity contribution in [1.82, 2.24) is 5.11 Å². The number of hydrogen-bond acceptors (Lipinski definition) is 2. The second kappa shape index (κ2) is 8.00. The Kier molecular flexibility index (Phi) is 6.71. The second-order valence-corrected chi connectivity index (χ2v) is 16.1. The topological polar surface area (TPSA) is 50.3 Å². The van der Waals surface area contributed by atoms with Crippen LogP contribution in [0.15, 0.2) is 0 Å². The second-order valence-electron chi connectivity index (χ2n) is 8.66. The molecule has 0 fully saturated rings. The van der Waals surface area contributed by atoms with Gasteiger partial charge in [-0.1, -0.05) is 0 Å². The molecule has 151 valence electrons. The summed E-state index contributed by atoms with van der Waals surface area (Å²) in [5.41, 5.74) is 9.92. The molecule has 2 aromatic rings. The zero-order valence-electron chi connectivity index (χ0n) is 18.8. The van der Waals surface area contributed by atoms with Crippen LogP contribution >= 0.6 is 0 Å². The van der Waals surface area contributed by atoms with E-state index in [2.05, 4.69) is 60.5 Å². The van der Waals surface area contributed by atoms with Gasteiger partial charge in [-0.05, 0) is 0 Å². The first kappa shape index (κ1) is 22.6. The minimum absolute atomic E-state index is 0.413. The van der Waals surface area contributed by atoms with Crippen molar-refractivity contribution < 1.29 is 32.2 Å². The molecule has 0 spiro atoms. The van der Waals surface area contributed by atoms with Crippen molar-refractivity contribution in [1.29, 1.82) is 0 Å². The molecule has 5 heteroatoms. The molecule has 2 rings (SSSR count). The molecule has 2 unspecified atom stereocenters. The molecule has 0 aliphatic carbocycles. The van der Waals surface area contributed by atoms with Gasteiger partial charge in [0.05, 0.1) is 0 Å². The van der Waals surface area contributed by atoms with E-state index in [4.69, 9.17) is 0 Å². The van der Waals surface area contributed by atoms with Gasteiger partial charge in [-0.2, -0.15) is 0 Å².